The molecule has 2 N–H and O–H groups in total. The number of carbonyl (C=O) groups is 1. The lowest BCUT2D eigenvalue weighted by Gasteiger charge is -2.40. The first kappa shape index (κ1) is 18.6. The summed E-state index contributed by atoms with van der Waals surface area (Å²) in [5.74, 6) is 1.38. The first-order valence-corrected chi connectivity index (χ1v) is 11.1. The van der Waals surface area contributed by atoms with Gasteiger partial charge < -0.3 is 15.4 Å². The second-order valence-electron chi connectivity index (χ2n) is 8.03. The lowest BCUT2D eigenvalue weighted by molar-refractivity contribution is 0.0822. The first-order valence-electron chi connectivity index (χ1n) is 10.2. The Hall–Kier alpha value is -2.45. The standard InChI is InChI=1S/C21H25N5O2S/c22-20(27)25-12-15-5-6-16(13-25)26(15)11-9-14-3-7-17(8-4-14)28-21-24-18-2-1-10-23-19(18)29-21/h1-3,7-8,10,14-16H,4-6,9,11-13H2,(H2,22,27)/t14?,15-,16+. The molecule has 1 aliphatic carbocycles. The molecular formula is C21H25N5O2S. The molecule has 29 heavy (non-hydrogen) atoms. The fourth-order valence-corrected chi connectivity index (χ4v) is 5.46. The molecule has 152 valence electrons. The van der Waals surface area contributed by atoms with Crippen molar-refractivity contribution < 1.29 is 9.53 Å². The molecule has 2 bridgehead atoms. The number of fused-ring (bicyclic) bond motifs is 3. The smallest absolute Gasteiger partial charge is 0.314 e. The Balaban J connectivity index is 1.13. The molecule has 2 aliphatic heterocycles. The molecule has 2 aromatic heterocycles. The zero-order valence-corrected chi connectivity index (χ0v) is 17.1. The number of pyridine rings is 1. The van der Waals surface area contributed by atoms with Crippen molar-refractivity contribution in [1.29, 1.82) is 0 Å². The summed E-state index contributed by atoms with van der Waals surface area (Å²) in [4.78, 5) is 25.6. The van der Waals surface area contributed by atoms with Crippen LogP contribution in [-0.4, -0.2) is 57.5 Å². The third-order valence-corrected chi connectivity index (χ3v) is 7.07. The number of piperazine rings is 1. The van der Waals surface area contributed by atoms with Crippen LogP contribution in [0.3, 0.4) is 0 Å². The van der Waals surface area contributed by atoms with Gasteiger partial charge in [-0.1, -0.05) is 17.4 Å². The minimum Gasteiger partial charge on any atom is -0.431 e. The summed E-state index contributed by atoms with van der Waals surface area (Å²) in [6.45, 7) is 2.63. The number of nitrogens with zero attached hydrogens (tertiary/aromatic N) is 4. The van der Waals surface area contributed by atoms with E-state index < -0.39 is 0 Å². The van der Waals surface area contributed by atoms with E-state index in [-0.39, 0.29) is 6.03 Å². The van der Waals surface area contributed by atoms with Crippen LogP contribution < -0.4 is 10.5 Å². The summed E-state index contributed by atoms with van der Waals surface area (Å²) in [5, 5.41) is 0.636. The number of nitrogens with two attached hydrogens (primary N) is 1. The Morgan fingerprint density at radius 1 is 1.31 bits per heavy atom. The predicted molar refractivity (Wildman–Crippen MR) is 113 cm³/mol. The monoisotopic (exact) mass is 411 g/mol. The van der Waals surface area contributed by atoms with Crippen LogP contribution in [0.5, 0.6) is 5.19 Å². The van der Waals surface area contributed by atoms with Gasteiger partial charge in [-0.05, 0) is 62.4 Å². The second-order valence-corrected chi connectivity index (χ2v) is 8.97. The molecular weight excluding hydrogens is 386 g/mol. The number of thiazole rings is 1. The van der Waals surface area contributed by atoms with E-state index in [9.17, 15) is 4.79 Å². The molecule has 8 heteroatoms. The molecule has 2 amide bonds. The van der Waals surface area contributed by atoms with Crippen LogP contribution in [0.1, 0.15) is 25.7 Å². The molecule has 0 radical (unpaired) electrons. The summed E-state index contributed by atoms with van der Waals surface area (Å²) >= 11 is 1.47. The van der Waals surface area contributed by atoms with Crippen LogP contribution in [0.2, 0.25) is 0 Å². The maximum Gasteiger partial charge on any atom is 0.314 e. The Kier molecular flexibility index (Phi) is 4.97. The van der Waals surface area contributed by atoms with Crippen molar-refractivity contribution in [2.45, 2.75) is 37.8 Å². The number of amides is 2. The summed E-state index contributed by atoms with van der Waals surface area (Å²) < 4.78 is 5.94. The zero-order chi connectivity index (χ0) is 19.8. The van der Waals surface area contributed by atoms with E-state index in [0.29, 0.717) is 23.2 Å². The molecule has 7 nitrogen and oxygen atoms in total. The van der Waals surface area contributed by atoms with Crippen molar-refractivity contribution in [3.8, 4) is 5.19 Å². The lowest BCUT2D eigenvalue weighted by Crippen LogP contribution is -2.56. The van der Waals surface area contributed by atoms with E-state index in [4.69, 9.17) is 10.5 Å². The van der Waals surface area contributed by atoms with Crippen LogP contribution in [0.25, 0.3) is 10.3 Å². The highest BCUT2D eigenvalue weighted by atomic mass is 32.1. The van der Waals surface area contributed by atoms with Crippen LogP contribution in [0, 0.1) is 5.92 Å². The van der Waals surface area contributed by atoms with Gasteiger partial charge in [-0.25, -0.2) is 14.8 Å². The van der Waals surface area contributed by atoms with E-state index in [0.717, 1.165) is 48.6 Å². The van der Waals surface area contributed by atoms with Gasteiger partial charge in [-0.3, -0.25) is 4.90 Å². The zero-order valence-electron chi connectivity index (χ0n) is 16.2. The highest BCUT2D eigenvalue weighted by Gasteiger charge is 2.40. The van der Waals surface area contributed by atoms with E-state index in [1.54, 1.807) is 6.20 Å². The van der Waals surface area contributed by atoms with Gasteiger partial charge in [-0.15, -0.1) is 0 Å². The number of hydrogen-bond donors (Lipinski definition) is 1. The number of carbonyl (C=O) groups excluding carboxylic acids is 1. The quantitative estimate of drug-likeness (QED) is 0.817. The van der Waals surface area contributed by atoms with Crippen molar-refractivity contribution in [2.24, 2.45) is 11.7 Å². The van der Waals surface area contributed by atoms with E-state index >= 15 is 0 Å². The number of aromatic nitrogens is 2. The molecule has 0 saturated carbocycles. The van der Waals surface area contributed by atoms with Crippen LogP contribution in [-0.2, 0) is 0 Å². The fraction of sp³-hybridized carbons (Fsp3) is 0.476. The maximum absolute atomic E-state index is 11.5. The topological polar surface area (TPSA) is 84.6 Å². The predicted octanol–water partition coefficient (Wildman–Crippen LogP) is 3.15. The summed E-state index contributed by atoms with van der Waals surface area (Å²) in [6, 6.07) is 4.49. The third kappa shape index (κ3) is 3.86. The number of primary amides is 1. The Morgan fingerprint density at radius 2 is 2.14 bits per heavy atom. The number of ether oxygens (including phenoxy) is 1. The van der Waals surface area contributed by atoms with E-state index in [1.165, 1.54) is 24.2 Å². The van der Waals surface area contributed by atoms with Gasteiger partial charge in [0.15, 0.2) is 0 Å². The highest BCUT2D eigenvalue weighted by Crippen LogP contribution is 2.32. The van der Waals surface area contributed by atoms with Gasteiger partial charge in [0.25, 0.3) is 5.19 Å². The molecule has 2 saturated heterocycles. The van der Waals surface area contributed by atoms with Crippen LogP contribution in [0.15, 0.2) is 42.3 Å². The van der Waals surface area contributed by atoms with Crippen molar-refractivity contribution >= 4 is 27.7 Å². The highest BCUT2D eigenvalue weighted by molar-refractivity contribution is 7.19. The summed E-state index contributed by atoms with van der Waals surface area (Å²) in [5.41, 5.74) is 6.35. The van der Waals surface area contributed by atoms with Gasteiger partial charge in [0.2, 0.25) is 0 Å². The molecule has 0 spiro atoms. The van der Waals surface area contributed by atoms with E-state index in [2.05, 4.69) is 33.1 Å². The largest absolute Gasteiger partial charge is 0.431 e. The fourth-order valence-electron chi connectivity index (χ4n) is 4.68. The number of urea groups is 1. The normalized spacial score (nSPS) is 26.7. The summed E-state index contributed by atoms with van der Waals surface area (Å²) in [7, 11) is 0. The van der Waals surface area contributed by atoms with Gasteiger partial charge >= 0.3 is 6.03 Å². The van der Waals surface area contributed by atoms with Crippen LogP contribution >= 0.6 is 11.3 Å². The second kappa shape index (κ2) is 7.76. The minimum absolute atomic E-state index is 0.279. The first-order chi connectivity index (χ1) is 14.2. The Labute approximate surface area is 173 Å². The minimum atomic E-state index is -0.279. The molecule has 3 atom stereocenters. The number of hydrogen-bond acceptors (Lipinski definition) is 6. The Morgan fingerprint density at radius 3 is 2.83 bits per heavy atom. The van der Waals surface area contributed by atoms with Crippen molar-refractivity contribution in [1.82, 2.24) is 19.8 Å². The van der Waals surface area contributed by atoms with Crippen molar-refractivity contribution in [3.05, 3.63) is 42.3 Å². The molecule has 2 aromatic rings. The number of allylic oxidation sites excluding steroid dienone is 3. The van der Waals surface area contributed by atoms with Gasteiger partial charge in [-0.2, -0.15) is 0 Å². The van der Waals surface area contributed by atoms with Gasteiger partial charge in [0.1, 0.15) is 16.1 Å². The van der Waals surface area contributed by atoms with Crippen molar-refractivity contribution in [3.63, 3.8) is 0 Å². The van der Waals surface area contributed by atoms with Crippen LogP contribution in [0.4, 0.5) is 4.79 Å². The lowest BCUT2D eigenvalue weighted by atomic mass is 9.96. The molecule has 4 heterocycles. The SMILES string of the molecule is NC(=O)N1C[C@H]2CC[C@@H](C1)N2CCC1C=CC(Oc2nc3cccnc3s2)=CC1. The van der Waals surface area contributed by atoms with Gasteiger partial charge in [0, 0.05) is 31.4 Å². The number of likely N-dealkylation sites (tertiary alicyclic amines) is 1. The van der Waals surface area contributed by atoms with Gasteiger partial charge in [0.05, 0.1) is 0 Å². The molecule has 2 fully saturated rings. The Bertz CT molecular complexity index is 924. The average molecular weight is 412 g/mol. The third-order valence-electron chi connectivity index (χ3n) is 6.21. The molecule has 3 aliphatic rings. The maximum atomic E-state index is 11.5. The molecule has 0 aromatic carbocycles. The molecule has 1 unspecified atom stereocenters. The summed E-state index contributed by atoms with van der Waals surface area (Å²) in [6.07, 6.45) is 12.7. The molecule has 5 rings (SSSR count). The van der Waals surface area contributed by atoms with Crippen molar-refractivity contribution in [2.75, 3.05) is 19.6 Å². The van der Waals surface area contributed by atoms with E-state index in [1.807, 2.05) is 17.0 Å². The average Bonchev–Trinajstić information content (AvgIpc) is 3.23. The number of rotatable bonds is 5.